The molecule has 1 N–H and O–H groups in total. The van der Waals surface area contributed by atoms with Gasteiger partial charge in [-0.1, -0.05) is 18.2 Å². The molecule has 25 heavy (non-hydrogen) atoms. The van der Waals surface area contributed by atoms with Crippen molar-refractivity contribution in [1.29, 1.82) is 0 Å². The molecule has 1 unspecified atom stereocenters. The summed E-state index contributed by atoms with van der Waals surface area (Å²) in [5, 5.41) is 19.1. The first-order valence-corrected chi connectivity index (χ1v) is 7.68. The van der Waals surface area contributed by atoms with Crippen molar-refractivity contribution in [3.05, 3.63) is 60.2 Å². The number of methoxy groups -OCH3 is 1. The number of aryl methyl sites for hydroxylation is 1. The number of hydrogen-bond acceptors (Lipinski definition) is 7. The highest BCUT2D eigenvalue weighted by atomic mass is 16.5. The molecule has 0 spiro atoms. The fourth-order valence-electron chi connectivity index (χ4n) is 2.72. The minimum Gasteiger partial charge on any atom is -0.496 e. The van der Waals surface area contributed by atoms with Gasteiger partial charge in [-0.05, 0) is 28.6 Å². The smallest absolute Gasteiger partial charge is 0.200 e. The van der Waals surface area contributed by atoms with Gasteiger partial charge in [-0.15, -0.1) is 14.8 Å². The van der Waals surface area contributed by atoms with Gasteiger partial charge in [0, 0.05) is 25.0 Å². The Morgan fingerprint density at radius 1 is 1.16 bits per heavy atom. The van der Waals surface area contributed by atoms with Gasteiger partial charge < -0.3 is 14.6 Å². The van der Waals surface area contributed by atoms with Crippen molar-refractivity contribution >= 4 is 11.5 Å². The van der Waals surface area contributed by atoms with Crippen LogP contribution in [0.25, 0.3) is 5.65 Å². The van der Waals surface area contributed by atoms with Crippen LogP contribution in [0.15, 0.2) is 48.8 Å². The normalized spacial score (nSPS) is 12.2. The number of tetrazole rings is 1. The minimum atomic E-state index is -0.252. The maximum absolute atomic E-state index is 5.52. The fourth-order valence-corrected chi connectivity index (χ4v) is 2.72. The molecule has 0 bridgehead atoms. The van der Waals surface area contributed by atoms with Crippen LogP contribution in [0.2, 0.25) is 0 Å². The Morgan fingerprint density at radius 2 is 2.04 bits per heavy atom. The number of anilines is 1. The third kappa shape index (κ3) is 2.75. The number of para-hydroxylation sites is 1. The Morgan fingerprint density at radius 3 is 2.84 bits per heavy atom. The lowest BCUT2D eigenvalue weighted by molar-refractivity contribution is 0.408. The lowest BCUT2D eigenvalue weighted by Crippen LogP contribution is -2.18. The SMILES string of the molecule is COc1ccccc1C(Nc1ccc2nnnn2n1)c1nccn1C. The van der Waals surface area contributed by atoms with E-state index < -0.39 is 0 Å². The standard InChI is InChI=1S/C16H16N8O/c1-23-10-9-17-16(23)15(11-5-3-4-6-12(11)25-2)18-13-7-8-14-19-21-22-24(14)20-13/h3-10,15H,1-2H3,(H,18,20). The molecular weight excluding hydrogens is 320 g/mol. The number of hydrogen-bond donors (Lipinski definition) is 1. The summed E-state index contributed by atoms with van der Waals surface area (Å²) in [5.41, 5.74) is 1.54. The first-order chi connectivity index (χ1) is 12.3. The Kier molecular flexibility index (Phi) is 3.73. The zero-order valence-electron chi connectivity index (χ0n) is 13.7. The third-order valence-electron chi connectivity index (χ3n) is 3.93. The van der Waals surface area contributed by atoms with Gasteiger partial charge in [0.15, 0.2) is 5.65 Å². The van der Waals surface area contributed by atoms with Crippen LogP contribution in [0.4, 0.5) is 5.82 Å². The van der Waals surface area contributed by atoms with Gasteiger partial charge in [0.05, 0.1) is 7.11 Å². The number of ether oxygens (including phenoxy) is 1. The van der Waals surface area contributed by atoms with Crippen LogP contribution >= 0.6 is 0 Å². The van der Waals surface area contributed by atoms with Gasteiger partial charge in [0.1, 0.15) is 23.4 Å². The van der Waals surface area contributed by atoms with E-state index in [2.05, 4.69) is 30.9 Å². The van der Waals surface area contributed by atoms with E-state index >= 15 is 0 Å². The van der Waals surface area contributed by atoms with Crippen molar-refractivity contribution < 1.29 is 4.74 Å². The molecule has 0 saturated carbocycles. The molecule has 4 aromatic rings. The first kappa shape index (κ1) is 15.1. The van der Waals surface area contributed by atoms with E-state index in [4.69, 9.17) is 4.74 Å². The second kappa shape index (κ2) is 6.19. The predicted octanol–water partition coefficient (Wildman–Crippen LogP) is 1.46. The number of rotatable bonds is 5. The van der Waals surface area contributed by atoms with E-state index in [1.54, 1.807) is 19.4 Å². The summed E-state index contributed by atoms with van der Waals surface area (Å²) in [7, 11) is 3.60. The summed E-state index contributed by atoms with van der Waals surface area (Å²) in [5.74, 6) is 2.23. The van der Waals surface area contributed by atoms with E-state index in [0.717, 1.165) is 17.1 Å². The number of imidazole rings is 1. The zero-order chi connectivity index (χ0) is 17.2. The summed E-state index contributed by atoms with van der Waals surface area (Å²) in [6.45, 7) is 0. The van der Waals surface area contributed by atoms with Crippen LogP contribution < -0.4 is 10.1 Å². The number of aromatic nitrogens is 7. The van der Waals surface area contributed by atoms with Gasteiger partial charge in [-0.25, -0.2) is 4.98 Å². The summed E-state index contributed by atoms with van der Waals surface area (Å²) in [6.07, 6.45) is 3.66. The zero-order valence-corrected chi connectivity index (χ0v) is 13.7. The molecule has 3 heterocycles. The van der Waals surface area contributed by atoms with Crippen LogP contribution in [0, 0.1) is 0 Å². The van der Waals surface area contributed by atoms with Crippen molar-refractivity contribution in [2.24, 2.45) is 7.05 Å². The largest absolute Gasteiger partial charge is 0.496 e. The molecule has 0 radical (unpaired) electrons. The molecule has 0 aliphatic rings. The third-order valence-corrected chi connectivity index (χ3v) is 3.93. The molecule has 4 rings (SSSR count). The van der Waals surface area contributed by atoms with Crippen LogP contribution in [0.3, 0.4) is 0 Å². The molecule has 0 aliphatic carbocycles. The molecule has 126 valence electrons. The van der Waals surface area contributed by atoms with Gasteiger partial charge >= 0.3 is 0 Å². The van der Waals surface area contributed by atoms with E-state index in [1.807, 2.05) is 48.1 Å². The second-order valence-corrected chi connectivity index (χ2v) is 5.46. The van der Waals surface area contributed by atoms with Crippen LogP contribution in [-0.2, 0) is 7.05 Å². The summed E-state index contributed by atoms with van der Waals surface area (Å²) in [6, 6.07) is 11.2. The first-order valence-electron chi connectivity index (χ1n) is 7.68. The molecule has 3 aromatic heterocycles. The number of nitrogens with one attached hydrogen (secondary N) is 1. The predicted molar refractivity (Wildman–Crippen MR) is 90.2 cm³/mol. The Labute approximate surface area is 143 Å². The van der Waals surface area contributed by atoms with Crippen molar-refractivity contribution in [3.8, 4) is 5.75 Å². The van der Waals surface area contributed by atoms with E-state index in [0.29, 0.717) is 11.5 Å². The topological polar surface area (TPSA) is 95.1 Å². The second-order valence-electron chi connectivity index (χ2n) is 5.46. The Hall–Kier alpha value is -3.49. The van der Waals surface area contributed by atoms with Crippen LogP contribution in [0.5, 0.6) is 5.75 Å². The monoisotopic (exact) mass is 336 g/mol. The molecular formula is C16H16N8O. The van der Waals surface area contributed by atoms with Gasteiger partial charge in [0.25, 0.3) is 0 Å². The number of benzene rings is 1. The van der Waals surface area contributed by atoms with Gasteiger partial charge in [0.2, 0.25) is 0 Å². The van der Waals surface area contributed by atoms with E-state index in [-0.39, 0.29) is 6.04 Å². The van der Waals surface area contributed by atoms with E-state index in [1.165, 1.54) is 4.63 Å². The number of fused-ring (bicyclic) bond motifs is 1. The summed E-state index contributed by atoms with van der Waals surface area (Å²) in [4.78, 5) is 4.49. The molecule has 0 fully saturated rings. The molecule has 9 heteroatoms. The highest BCUT2D eigenvalue weighted by Gasteiger charge is 2.22. The van der Waals surface area contributed by atoms with Gasteiger partial charge in [-0.3, -0.25) is 0 Å². The summed E-state index contributed by atoms with van der Waals surface area (Å²) < 4.78 is 8.86. The quantitative estimate of drug-likeness (QED) is 0.589. The molecule has 0 amide bonds. The van der Waals surface area contributed by atoms with Crippen molar-refractivity contribution in [2.75, 3.05) is 12.4 Å². The molecule has 1 atom stereocenters. The average Bonchev–Trinajstić information content (AvgIpc) is 3.28. The lowest BCUT2D eigenvalue weighted by atomic mass is 10.0. The Bertz CT molecular complexity index is 1010. The molecule has 0 aliphatic heterocycles. The Balaban J connectivity index is 1.79. The van der Waals surface area contributed by atoms with Crippen LogP contribution in [0.1, 0.15) is 17.4 Å². The van der Waals surface area contributed by atoms with Crippen molar-refractivity contribution in [2.45, 2.75) is 6.04 Å². The lowest BCUT2D eigenvalue weighted by Gasteiger charge is -2.21. The van der Waals surface area contributed by atoms with Gasteiger partial charge in [-0.2, -0.15) is 0 Å². The number of nitrogens with zero attached hydrogens (tertiary/aromatic N) is 7. The summed E-state index contributed by atoms with van der Waals surface area (Å²) >= 11 is 0. The van der Waals surface area contributed by atoms with Crippen molar-refractivity contribution in [1.82, 2.24) is 34.8 Å². The highest BCUT2D eigenvalue weighted by Crippen LogP contribution is 2.31. The maximum Gasteiger partial charge on any atom is 0.200 e. The average molecular weight is 336 g/mol. The highest BCUT2D eigenvalue weighted by molar-refractivity contribution is 5.48. The maximum atomic E-state index is 5.52. The fraction of sp³-hybridized carbons (Fsp3) is 0.188. The minimum absolute atomic E-state index is 0.252. The van der Waals surface area contributed by atoms with Crippen LogP contribution in [-0.4, -0.2) is 41.9 Å². The molecule has 9 nitrogen and oxygen atoms in total. The molecule has 0 saturated heterocycles. The molecule has 1 aromatic carbocycles. The van der Waals surface area contributed by atoms with E-state index in [9.17, 15) is 0 Å². The van der Waals surface area contributed by atoms with Crippen molar-refractivity contribution in [3.63, 3.8) is 0 Å².